The number of piperidine rings is 1. The fraction of sp³-hybridized carbons (Fsp3) is 0.538. The fourth-order valence-corrected chi connectivity index (χ4v) is 4.96. The van der Waals surface area contributed by atoms with Gasteiger partial charge in [0.25, 0.3) is 0 Å². The molecule has 1 fully saturated rings. The summed E-state index contributed by atoms with van der Waals surface area (Å²) in [7, 11) is -4.34. The van der Waals surface area contributed by atoms with Gasteiger partial charge in [0.2, 0.25) is 10.0 Å². The monoisotopic (exact) mass is 375 g/mol. The van der Waals surface area contributed by atoms with Gasteiger partial charge < -0.3 is 0 Å². The zero-order chi connectivity index (χ0) is 16.7. The number of sulfonamides is 1. The van der Waals surface area contributed by atoms with Gasteiger partial charge in [0.15, 0.2) is 0 Å². The lowest BCUT2D eigenvalue weighted by atomic mass is 10.0. The van der Waals surface area contributed by atoms with E-state index in [1.807, 2.05) is 0 Å². The van der Waals surface area contributed by atoms with Gasteiger partial charge in [0.1, 0.15) is 10.9 Å². The molecule has 9 heteroatoms. The van der Waals surface area contributed by atoms with Crippen molar-refractivity contribution in [3.63, 3.8) is 0 Å². The van der Waals surface area contributed by atoms with E-state index in [4.69, 9.17) is 23.2 Å². The number of hydrogen-bond donors (Lipinski definition) is 0. The highest BCUT2D eigenvalue weighted by molar-refractivity contribution is 7.89. The first-order chi connectivity index (χ1) is 10.0. The van der Waals surface area contributed by atoms with E-state index in [1.54, 1.807) is 6.92 Å². The summed E-state index contributed by atoms with van der Waals surface area (Å²) in [6.07, 6.45) is -4.13. The highest BCUT2D eigenvalue weighted by Crippen LogP contribution is 2.37. The van der Waals surface area contributed by atoms with E-state index in [0.717, 1.165) is 0 Å². The maximum atomic E-state index is 13.1. The van der Waals surface area contributed by atoms with Crippen LogP contribution in [0.1, 0.15) is 24.8 Å². The van der Waals surface area contributed by atoms with Crippen LogP contribution < -0.4 is 0 Å². The second-order valence-electron chi connectivity index (χ2n) is 5.20. The van der Waals surface area contributed by atoms with Gasteiger partial charge >= 0.3 is 6.18 Å². The van der Waals surface area contributed by atoms with Gasteiger partial charge in [-0.15, -0.1) is 0 Å². The Morgan fingerprint density at radius 1 is 1.18 bits per heavy atom. The largest absolute Gasteiger partial charge is 0.405 e. The van der Waals surface area contributed by atoms with Gasteiger partial charge in [0, 0.05) is 11.6 Å². The smallest absolute Gasteiger partial charge is 0.207 e. The van der Waals surface area contributed by atoms with Crippen molar-refractivity contribution in [3.05, 3.63) is 27.7 Å². The van der Waals surface area contributed by atoms with Crippen molar-refractivity contribution in [1.29, 1.82) is 0 Å². The Bertz CT molecular complexity index is 677. The van der Waals surface area contributed by atoms with Crippen molar-refractivity contribution < 1.29 is 21.6 Å². The van der Waals surface area contributed by atoms with Gasteiger partial charge in [-0.1, -0.05) is 29.6 Å². The van der Waals surface area contributed by atoms with Crippen LogP contribution in [0, 0.1) is 6.92 Å². The highest BCUT2D eigenvalue weighted by Gasteiger charge is 2.49. The van der Waals surface area contributed by atoms with Crippen LogP contribution in [0.15, 0.2) is 17.0 Å². The Labute approximate surface area is 137 Å². The van der Waals surface area contributed by atoms with Crippen molar-refractivity contribution in [1.82, 2.24) is 4.31 Å². The minimum Gasteiger partial charge on any atom is -0.207 e. The number of aryl methyl sites for hydroxylation is 1. The lowest BCUT2D eigenvalue weighted by molar-refractivity contribution is -0.177. The minimum absolute atomic E-state index is 0.176. The molecule has 0 amide bonds. The quantitative estimate of drug-likeness (QED) is 0.767. The second-order valence-corrected chi connectivity index (χ2v) is 7.87. The third-order valence-electron chi connectivity index (χ3n) is 3.63. The van der Waals surface area contributed by atoms with Crippen LogP contribution in [0.25, 0.3) is 0 Å². The molecule has 1 atom stereocenters. The third-order valence-corrected chi connectivity index (χ3v) is 6.41. The van der Waals surface area contributed by atoms with Crippen molar-refractivity contribution in [2.24, 2.45) is 0 Å². The number of nitrogens with zero attached hydrogens (tertiary/aromatic N) is 1. The van der Waals surface area contributed by atoms with E-state index in [0.29, 0.717) is 22.7 Å². The maximum Gasteiger partial charge on any atom is 0.405 e. The van der Waals surface area contributed by atoms with Crippen LogP contribution in [-0.4, -0.2) is 31.5 Å². The predicted molar refractivity (Wildman–Crippen MR) is 78.8 cm³/mol. The summed E-state index contributed by atoms with van der Waals surface area (Å²) in [6.45, 7) is 1.39. The van der Waals surface area contributed by atoms with E-state index < -0.39 is 22.2 Å². The molecule has 2 rings (SSSR count). The zero-order valence-corrected chi connectivity index (χ0v) is 14.0. The molecule has 0 radical (unpaired) electrons. The van der Waals surface area contributed by atoms with E-state index in [-0.39, 0.29) is 27.9 Å². The molecule has 124 valence electrons. The summed E-state index contributed by atoms with van der Waals surface area (Å²) in [5.41, 5.74) is 0.435. The van der Waals surface area contributed by atoms with Crippen LogP contribution in [-0.2, 0) is 10.0 Å². The number of halogens is 5. The summed E-state index contributed by atoms with van der Waals surface area (Å²) in [4.78, 5) is -0.341. The number of rotatable bonds is 2. The zero-order valence-electron chi connectivity index (χ0n) is 11.6. The van der Waals surface area contributed by atoms with E-state index in [1.165, 1.54) is 12.1 Å². The molecule has 1 aliphatic rings. The van der Waals surface area contributed by atoms with E-state index >= 15 is 0 Å². The molecule has 1 heterocycles. The summed E-state index contributed by atoms with van der Waals surface area (Å²) in [5, 5.41) is 0.0806. The average Bonchev–Trinajstić information content (AvgIpc) is 2.41. The van der Waals surface area contributed by atoms with Crippen molar-refractivity contribution in [3.8, 4) is 0 Å². The van der Waals surface area contributed by atoms with Crippen LogP contribution in [0.5, 0.6) is 0 Å². The van der Waals surface area contributed by atoms with E-state index in [9.17, 15) is 21.6 Å². The predicted octanol–water partition coefficient (Wildman–Crippen LogP) is 4.41. The van der Waals surface area contributed by atoms with Crippen LogP contribution in [0.4, 0.5) is 13.2 Å². The highest BCUT2D eigenvalue weighted by atomic mass is 35.5. The Balaban J connectivity index is 2.51. The number of alkyl halides is 3. The normalized spacial score (nSPS) is 21.1. The van der Waals surface area contributed by atoms with Gasteiger partial charge in [-0.3, -0.25) is 0 Å². The molecular weight excluding hydrogens is 362 g/mol. The maximum absolute atomic E-state index is 13.1. The van der Waals surface area contributed by atoms with E-state index in [2.05, 4.69) is 0 Å². The molecule has 0 bridgehead atoms. The van der Waals surface area contributed by atoms with Crippen LogP contribution in [0.3, 0.4) is 0 Å². The fourth-order valence-electron chi connectivity index (χ4n) is 2.47. The van der Waals surface area contributed by atoms with Crippen molar-refractivity contribution >= 4 is 33.2 Å². The first kappa shape index (κ1) is 17.8. The van der Waals surface area contributed by atoms with Crippen molar-refractivity contribution in [2.75, 3.05) is 6.54 Å². The summed E-state index contributed by atoms with van der Waals surface area (Å²) in [6, 6.07) is 0.429. The summed E-state index contributed by atoms with van der Waals surface area (Å²) >= 11 is 11.7. The molecule has 1 aromatic carbocycles. The molecule has 0 spiro atoms. The second kappa shape index (κ2) is 6.19. The molecule has 3 nitrogen and oxygen atoms in total. The van der Waals surface area contributed by atoms with Crippen LogP contribution >= 0.6 is 23.2 Å². The first-order valence-corrected chi connectivity index (χ1v) is 8.79. The molecule has 0 saturated carbocycles. The van der Waals surface area contributed by atoms with Gasteiger partial charge in [-0.05, 0) is 37.5 Å². The molecule has 0 N–H and O–H groups in total. The SMILES string of the molecule is Cc1cc(S(=O)(=O)N2CCCCC2C(F)(F)F)c(Cl)cc1Cl. The lowest BCUT2D eigenvalue weighted by Gasteiger charge is -2.35. The number of hydrogen-bond acceptors (Lipinski definition) is 2. The molecule has 0 aromatic heterocycles. The number of benzene rings is 1. The molecular formula is C13H14Cl2F3NO2S. The Hall–Kier alpha value is -0.500. The van der Waals surface area contributed by atoms with Gasteiger partial charge in [-0.25, -0.2) is 8.42 Å². The minimum atomic E-state index is -4.61. The molecule has 1 saturated heterocycles. The Morgan fingerprint density at radius 2 is 1.82 bits per heavy atom. The molecule has 0 aliphatic carbocycles. The first-order valence-electron chi connectivity index (χ1n) is 6.59. The van der Waals surface area contributed by atoms with Gasteiger partial charge in [0.05, 0.1) is 5.02 Å². The van der Waals surface area contributed by atoms with Crippen LogP contribution in [0.2, 0.25) is 10.0 Å². The Kier molecular flexibility index (Phi) is 5.02. The third kappa shape index (κ3) is 3.37. The standard InChI is InChI=1S/C13H14Cl2F3NO2S/c1-8-6-11(10(15)7-9(8)14)22(20,21)19-5-3-2-4-12(19)13(16,17)18/h6-7,12H,2-5H2,1H3. The van der Waals surface area contributed by atoms with Crippen molar-refractivity contribution in [2.45, 2.75) is 43.3 Å². The summed E-state index contributed by atoms with van der Waals surface area (Å²) < 4.78 is 65.1. The molecule has 1 unspecified atom stereocenters. The Morgan fingerprint density at radius 3 is 2.41 bits per heavy atom. The molecule has 22 heavy (non-hydrogen) atoms. The summed E-state index contributed by atoms with van der Waals surface area (Å²) in [5.74, 6) is 0. The average molecular weight is 376 g/mol. The molecule has 1 aliphatic heterocycles. The molecule has 1 aromatic rings. The van der Waals surface area contributed by atoms with Gasteiger partial charge in [-0.2, -0.15) is 17.5 Å². The topological polar surface area (TPSA) is 37.4 Å². The lowest BCUT2D eigenvalue weighted by Crippen LogP contribution is -2.51.